The summed E-state index contributed by atoms with van der Waals surface area (Å²) in [6.45, 7) is 0. The second-order valence-corrected chi connectivity index (χ2v) is 7.02. The van der Waals surface area contributed by atoms with Crippen LogP contribution in [0, 0.1) is 0 Å². The summed E-state index contributed by atoms with van der Waals surface area (Å²) >= 11 is 1.73. The van der Waals surface area contributed by atoms with Gasteiger partial charge in [0, 0.05) is 16.5 Å². The molecule has 0 spiro atoms. The second-order valence-electron chi connectivity index (χ2n) is 5.02. The molecular weight excluding hydrogens is 342 g/mol. The van der Waals surface area contributed by atoms with Crippen LogP contribution in [0.4, 0.5) is 14.5 Å². The molecule has 9 heteroatoms. The Hall–Kier alpha value is -1.61. The molecule has 0 aliphatic heterocycles. The van der Waals surface area contributed by atoms with Gasteiger partial charge in [0.25, 0.3) is 5.76 Å². The molecule has 0 bridgehead atoms. The van der Waals surface area contributed by atoms with E-state index in [9.17, 15) is 13.6 Å². The quantitative estimate of drug-likeness (QED) is 0.740. The number of thioether (sulfide) groups is 2. The molecule has 0 radical (unpaired) electrons. The highest BCUT2D eigenvalue weighted by Gasteiger charge is 2.27. The van der Waals surface area contributed by atoms with Crippen LogP contribution < -0.4 is 5.32 Å². The van der Waals surface area contributed by atoms with Gasteiger partial charge in [-0.1, -0.05) is 23.5 Å². The number of carbonyl (C=O) groups is 1. The van der Waals surface area contributed by atoms with Gasteiger partial charge in [-0.25, -0.2) is 4.98 Å². The first-order valence-corrected chi connectivity index (χ1v) is 8.86. The van der Waals surface area contributed by atoms with Gasteiger partial charge in [0.1, 0.15) is 5.82 Å². The number of amides is 1. The van der Waals surface area contributed by atoms with Crippen LogP contribution in [0.15, 0.2) is 34.3 Å². The highest BCUT2D eigenvalue weighted by atomic mass is 32.2. The Kier molecular flexibility index (Phi) is 5.16. The molecule has 1 aliphatic rings. The Morgan fingerprint density at radius 3 is 2.74 bits per heavy atom. The maximum atomic E-state index is 12.2. The molecule has 122 valence electrons. The van der Waals surface area contributed by atoms with Gasteiger partial charge in [0.15, 0.2) is 0 Å². The summed E-state index contributed by atoms with van der Waals surface area (Å²) in [4.78, 5) is 16.7. The van der Waals surface area contributed by atoms with Crippen LogP contribution in [0.2, 0.25) is 0 Å². The number of anilines is 1. The molecular formula is C14H14F2N4OS2. The number of nitrogens with zero attached hydrogens (tertiary/aromatic N) is 2. The fourth-order valence-corrected chi connectivity index (χ4v) is 3.01. The summed E-state index contributed by atoms with van der Waals surface area (Å²) in [7, 11) is 0. The van der Waals surface area contributed by atoms with Crippen molar-refractivity contribution in [1.82, 2.24) is 15.2 Å². The number of halogens is 2. The summed E-state index contributed by atoms with van der Waals surface area (Å²) in [5.74, 6) is -1.07. The average molecular weight is 356 g/mol. The molecule has 1 fully saturated rings. The van der Waals surface area contributed by atoms with E-state index in [1.165, 1.54) is 11.8 Å². The number of alkyl halides is 2. The molecule has 1 heterocycles. The minimum Gasteiger partial charge on any atom is -0.325 e. The number of hydrogen-bond acceptors (Lipinski definition) is 5. The molecule has 5 nitrogen and oxygen atoms in total. The Bertz CT molecular complexity index is 674. The van der Waals surface area contributed by atoms with E-state index in [0.29, 0.717) is 33.4 Å². The van der Waals surface area contributed by atoms with Crippen molar-refractivity contribution < 1.29 is 13.6 Å². The van der Waals surface area contributed by atoms with Gasteiger partial charge in [-0.2, -0.15) is 8.78 Å². The summed E-state index contributed by atoms with van der Waals surface area (Å²) in [6.07, 6.45) is 2.28. The number of carbonyl (C=O) groups excluding carboxylic acids is 1. The lowest BCUT2D eigenvalue weighted by molar-refractivity contribution is -0.113. The molecule has 2 N–H and O–H groups in total. The number of aromatic amines is 1. The molecule has 23 heavy (non-hydrogen) atoms. The van der Waals surface area contributed by atoms with Crippen molar-refractivity contribution in [3.63, 3.8) is 0 Å². The molecule has 2 aromatic rings. The fraction of sp³-hybridized carbons (Fsp3) is 0.357. The minimum atomic E-state index is -2.45. The molecule has 3 rings (SSSR count). The molecule has 0 saturated heterocycles. The van der Waals surface area contributed by atoms with E-state index in [-0.39, 0.29) is 11.7 Å². The van der Waals surface area contributed by atoms with Gasteiger partial charge in [-0.3, -0.25) is 9.89 Å². The zero-order chi connectivity index (χ0) is 16.2. The van der Waals surface area contributed by atoms with Crippen molar-refractivity contribution in [1.29, 1.82) is 0 Å². The highest BCUT2D eigenvalue weighted by Crippen LogP contribution is 2.38. The molecule has 1 aromatic carbocycles. The lowest BCUT2D eigenvalue weighted by Gasteiger charge is -2.05. The van der Waals surface area contributed by atoms with Crippen molar-refractivity contribution in [2.75, 3.05) is 11.1 Å². The Balaban J connectivity index is 1.46. The van der Waals surface area contributed by atoms with Gasteiger partial charge in [-0.15, -0.1) is 5.10 Å². The third kappa shape index (κ3) is 4.93. The molecule has 0 unspecified atom stereocenters. The summed E-state index contributed by atoms with van der Waals surface area (Å²) in [6, 6.07) is 6.31. The van der Waals surface area contributed by atoms with Gasteiger partial charge in [-0.05, 0) is 37.1 Å². The normalized spacial score (nSPS) is 14.2. The van der Waals surface area contributed by atoms with E-state index in [4.69, 9.17) is 0 Å². The Labute approximate surface area is 140 Å². The van der Waals surface area contributed by atoms with Crippen LogP contribution in [0.25, 0.3) is 0 Å². The van der Waals surface area contributed by atoms with Crippen LogP contribution >= 0.6 is 23.5 Å². The van der Waals surface area contributed by atoms with Crippen molar-refractivity contribution in [3.8, 4) is 0 Å². The van der Waals surface area contributed by atoms with Crippen LogP contribution in [-0.2, 0) is 4.79 Å². The van der Waals surface area contributed by atoms with Crippen LogP contribution in [0.5, 0.6) is 0 Å². The van der Waals surface area contributed by atoms with E-state index >= 15 is 0 Å². The zero-order valence-corrected chi connectivity index (χ0v) is 13.6. The van der Waals surface area contributed by atoms with Crippen molar-refractivity contribution >= 4 is 35.1 Å². The fourth-order valence-electron chi connectivity index (χ4n) is 1.91. The van der Waals surface area contributed by atoms with E-state index in [2.05, 4.69) is 20.5 Å². The van der Waals surface area contributed by atoms with Crippen LogP contribution in [0.3, 0.4) is 0 Å². The number of aromatic nitrogens is 3. The molecule has 1 amide bonds. The van der Waals surface area contributed by atoms with Gasteiger partial charge < -0.3 is 5.32 Å². The topological polar surface area (TPSA) is 70.7 Å². The predicted octanol–water partition coefficient (Wildman–Crippen LogP) is 3.73. The first-order valence-electron chi connectivity index (χ1n) is 7.00. The maximum Gasteiger partial charge on any atom is 0.288 e. The van der Waals surface area contributed by atoms with E-state index < -0.39 is 5.76 Å². The number of hydrogen-bond donors (Lipinski definition) is 2. The smallest absolute Gasteiger partial charge is 0.288 e. The van der Waals surface area contributed by atoms with Crippen molar-refractivity contribution in [2.45, 2.75) is 34.6 Å². The molecule has 0 atom stereocenters. The Morgan fingerprint density at radius 2 is 2.09 bits per heavy atom. The van der Waals surface area contributed by atoms with Crippen molar-refractivity contribution in [2.24, 2.45) is 0 Å². The lowest BCUT2D eigenvalue weighted by Crippen LogP contribution is -2.14. The largest absolute Gasteiger partial charge is 0.325 e. The standard InChI is InChI=1S/C14H14F2N4OS2/c15-13(16)23-10-5-3-9(4-6-10)17-11(21)7-22-14-18-12(19-20-14)8-1-2-8/h3-6,8,13H,1-2,7H2,(H,17,21)(H,18,19,20). The number of benzene rings is 1. The molecule has 1 saturated carbocycles. The third-order valence-corrected chi connectivity index (χ3v) is 4.71. The monoisotopic (exact) mass is 356 g/mol. The minimum absolute atomic E-state index is 0.190. The number of nitrogens with one attached hydrogen (secondary N) is 2. The average Bonchev–Trinajstić information content (AvgIpc) is 3.26. The van der Waals surface area contributed by atoms with Crippen LogP contribution in [0.1, 0.15) is 24.6 Å². The van der Waals surface area contributed by atoms with Crippen molar-refractivity contribution in [3.05, 3.63) is 30.1 Å². The predicted molar refractivity (Wildman–Crippen MR) is 86.0 cm³/mol. The van der Waals surface area contributed by atoms with Gasteiger partial charge in [0.2, 0.25) is 11.1 Å². The van der Waals surface area contributed by atoms with E-state index in [0.717, 1.165) is 18.7 Å². The Morgan fingerprint density at radius 1 is 1.35 bits per heavy atom. The van der Waals surface area contributed by atoms with Crippen LogP contribution in [-0.4, -0.2) is 32.6 Å². The lowest BCUT2D eigenvalue weighted by atomic mass is 10.3. The highest BCUT2D eigenvalue weighted by molar-refractivity contribution is 8.00. The van der Waals surface area contributed by atoms with E-state index in [1.54, 1.807) is 24.3 Å². The van der Waals surface area contributed by atoms with Gasteiger partial charge >= 0.3 is 0 Å². The number of rotatable bonds is 7. The summed E-state index contributed by atoms with van der Waals surface area (Å²) in [5.41, 5.74) is 0.572. The number of H-pyrrole nitrogens is 1. The second kappa shape index (κ2) is 7.31. The molecule has 1 aromatic heterocycles. The maximum absolute atomic E-state index is 12.2. The third-order valence-electron chi connectivity index (χ3n) is 3.14. The summed E-state index contributed by atoms with van der Waals surface area (Å²) < 4.78 is 24.4. The summed E-state index contributed by atoms with van der Waals surface area (Å²) in [5, 5.41) is 10.2. The zero-order valence-electron chi connectivity index (χ0n) is 12.0. The first-order chi connectivity index (χ1) is 11.1. The molecule has 1 aliphatic carbocycles. The van der Waals surface area contributed by atoms with E-state index in [1.807, 2.05) is 0 Å². The first kappa shape index (κ1) is 16.3. The SMILES string of the molecule is O=C(CSc1n[nH]c(C2CC2)n1)Nc1ccc(SC(F)F)cc1. The van der Waals surface area contributed by atoms with Gasteiger partial charge in [0.05, 0.1) is 5.75 Å².